The van der Waals surface area contributed by atoms with Crippen LogP contribution in [-0.2, 0) is 0 Å². The van der Waals surface area contributed by atoms with Crippen molar-refractivity contribution in [1.29, 1.82) is 0 Å². The van der Waals surface area contributed by atoms with Crippen LogP contribution in [0.15, 0.2) is 58.4 Å². The van der Waals surface area contributed by atoms with E-state index in [2.05, 4.69) is 66.7 Å². The van der Waals surface area contributed by atoms with Gasteiger partial charge in [0.05, 0.1) is 7.05 Å². The lowest BCUT2D eigenvalue weighted by molar-refractivity contribution is 0.313. The summed E-state index contributed by atoms with van der Waals surface area (Å²) in [4.78, 5) is 9.84. The first-order valence-corrected chi connectivity index (χ1v) is 9.76. The van der Waals surface area contributed by atoms with Crippen molar-refractivity contribution in [2.75, 3.05) is 45.2 Å². The first-order chi connectivity index (χ1) is 12.6. The lowest BCUT2D eigenvalue weighted by atomic mass is 9.88. The summed E-state index contributed by atoms with van der Waals surface area (Å²) in [7, 11) is 4.51. The van der Waals surface area contributed by atoms with Gasteiger partial charge in [0, 0.05) is 55.3 Å². The molecule has 0 amide bonds. The third-order valence-electron chi connectivity index (χ3n) is 6.33. The Balaban J connectivity index is 1.58. The van der Waals surface area contributed by atoms with Gasteiger partial charge in [-0.3, -0.25) is 0 Å². The number of hydrogen-bond donors (Lipinski definition) is 0. The van der Waals surface area contributed by atoms with Gasteiger partial charge in [-0.25, -0.2) is 9.48 Å². The maximum absolute atomic E-state index is 4.95. The summed E-state index contributed by atoms with van der Waals surface area (Å²) < 4.78 is 0.750. The summed E-state index contributed by atoms with van der Waals surface area (Å²) >= 11 is 0. The molecule has 1 unspecified atom stereocenters. The molecule has 0 saturated carbocycles. The number of rotatable bonds is 1. The van der Waals surface area contributed by atoms with E-state index < -0.39 is 0 Å². The van der Waals surface area contributed by atoms with Crippen LogP contribution in [0.1, 0.15) is 19.3 Å². The van der Waals surface area contributed by atoms with Gasteiger partial charge in [-0.2, -0.15) is 0 Å². The van der Waals surface area contributed by atoms with Gasteiger partial charge in [-0.15, -0.1) is 0 Å². The molecule has 1 aliphatic carbocycles. The minimum Gasteiger partial charge on any atom is -0.369 e. The third-order valence-corrected chi connectivity index (χ3v) is 6.33. The molecule has 134 valence electrons. The van der Waals surface area contributed by atoms with Crippen molar-refractivity contribution in [1.82, 2.24) is 9.38 Å². The molecule has 3 heterocycles. The van der Waals surface area contributed by atoms with Crippen LogP contribution in [-0.4, -0.2) is 51.4 Å². The summed E-state index contributed by atoms with van der Waals surface area (Å²) in [5.74, 6) is 0. The molecule has 5 rings (SSSR count). The Morgan fingerprint density at radius 2 is 1.92 bits per heavy atom. The van der Waals surface area contributed by atoms with E-state index in [1.807, 2.05) is 0 Å². The molecule has 4 aliphatic rings. The molecule has 0 radical (unpaired) electrons. The standard InChI is InChI=1S/C22H27N4/c1-24-10-12-25(13-11-24)19-8-9-21-20(15-19)23-16-18-6-3-5-17-7-4-14-26(21,2)22(17)18/h4,7-9,14-16H,3,5-6,10-13H2,1-2H3/q+1. The Bertz CT molecular complexity index is 868. The molecule has 4 heteroatoms. The molecule has 4 nitrogen and oxygen atoms in total. The van der Waals surface area contributed by atoms with E-state index in [1.165, 1.54) is 41.1 Å². The largest absolute Gasteiger partial charge is 0.369 e. The molecule has 1 aromatic rings. The van der Waals surface area contributed by atoms with Crippen LogP contribution in [0.25, 0.3) is 0 Å². The lowest BCUT2D eigenvalue weighted by Crippen LogP contribution is -2.44. The second kappa shape index (κ2) is 5.93. The summed E-state index contributed by atoms with van der Waals surface area (Å²) in [5, 5.41) is 0. The average Bonchev–Trinajstić information content (AvgIpc) is 2.79. The molecule has 26 heavy (non-hydrogen) atoms. The number of likely N-dealkylation sites (N-methyl/N-ethyl adjacent to an activating group) is 2. The van der Waals surface area contributed by atoms with E-state index in [-0.39, 0.29) is 0 Å². The van der Waals surface area contributed by atoms with Crippen LogP contribution >= 0.6 is 0 Å². The highest BCUT2D eigenvalue weighted by Crippen LogP contribution is 2.47. The average molecular weight is 347 g/mol. The zero-order valence-electron chi connectivity index (χ0n) is 15.8. The fourth-order valence-corrected chi connectivity index (χ4v) is 4.82. The molecule has 0 aromatic heterocycles. The molecule has 1 fully saturated rings. The molecule has 0 N–H and O–H groups in total. The van der Waals surface area contributed by atoms with E-state index in [0.717, 1.165) is 42.8 Å². The molecule has 1 atom stereocenters. The molecular formula is C22H27N4+. The zero-order chi connectivity index (χ0) is 17.7. The monoisotopic (exact) mass is 347 g/mol. The number of piperazine rings is 1. The molecule has 3 aliphatic heterocycles. The first kappa shape index (κ1) is 16.0. The molecule has 0 spiro atoms. The van der Waals surface area contributed by atoms with Gasteiger partial charge >= 0.3 is 0 Å². The van der Waals surface area contributed by atoms with Gasteiger partial charge in [0.15, 0.2) is 5.69 Å². The number of allylic oxidation sites excluding steroid dienone is 4. The summed E-state index contributed by atoms with van der Waals surface area (Å²) in [5.41, 5.74) is 8.05. The van der Waals surface area contributed by atoms with Crippen LogP contribution in [0.2, 0.25) is 0 Å². The second-order valence-corrected chi connectivity index (χ2v) is 8.06. The number of anilines is 1. The van der Waals surface area contributed by atoms with E-state index in [9.17, 15) is 0 Å². The van der Waals surface area contributed by atoms with Crippen LogP contribution in [0.5, 0.6) is 0 Å². The smallest absolute Gasteiger partial charge is 0.168 e. The Kier molecular flexibility index (Phi) is 3.66. The van der Waals surface area contributed by atoms with Crippen LogP contribution in [0.4, 0.5) is 17.1 Å². The van der Waals surface area contributed by atoms with Gasteiger partial charge in [0.1, 0.15) is 17.6 Å². The van der Waals surface area contributed by atoms with Crippen molar-refractivity contribution in [2.45, 2.75) is 19.3 Å². The summed E-state index contributed by atoms with van der Waals surface area (Å²) in [6, 6.07) is 6.90. The van der Waals surface area contributed by atoms with Gasteiger partial charge in [0.25, 0.3) is 0 Å². The highest BCUT2D eigenvalue weighted by Gasteiger charge is 2.40. The maximum atomic E-state index is 4.95. The fourth-order valence-electron chi connectivity index (χ4n) is 4.82. The number of aliphatic imine (C=N–C) groups is 1. The van der Waals surface area contributed by atoms with E-state index in [1.54, 1.807) is 0 Å². The number of benzene rings is 1. The van der Waals surface area contributed by atoms with Gasteiger partial charge in [-0.05, 0) is 50.6 Å². The Hall–Kier alpha value is -2.17. The second-order valence-electron chi connectivity index (χ2n) is 8.06. The number of hydrogen-bond acceptors (Lipinski definition) is 3. The normalized spacial score (nSPS) is 27.8. The van der Waals surface area contributed by atoms with Crippen molar-refractivity contribution in [3.8, 4) is 0 Å². The Morgan fingerprint density at radius 1 is 1.08 bits per heavy atom. The Morgan fingerprint density at radius 3 is 2.77 bits per heavy atom. The van der Waals surface area contributed by atoms with E-state index in [0.29, 0.717) is 0 Å². The van der Waals surface area contributed by atoms with Gasteiger partial charge < -0.3 is 9.80 Å². The summed E-state index contributed by atoms with van der Waals surface area (Å²) in [6.07, 6.45) is 12.5. The van der Waals surface area contributed by atoms with Crippen LogP contribution in [0.3, 0.4) is 0 Å². The maximum Gasteiger partial charge on any atom is 0.168 e. The lowest BCUT2D eigenvalue weighted by Gasteiger charge is -2.38. The number of nitrogens with zero attached hydrogens (tertiary/aromatic N) is 4. The van der Waals surface area contributed by atoms with Crippen LogP contribution < -0.4 is 9.38 Å². The topological polar surface area (TPSA) is 18.8 Å². The van der Waals surface area contributed by atoms with Gasteiger partial charge in [0.2, 0.25) is 0 Å². The van der Waals surface area contributed by atoms with Crippen molar-refractivity contribution in [3.63, 3.8) is 0 Å². The first-order valence-electron chi connectivity index (χ1n) is 9.76. The predicted molar refractivity (Wildman–Crippen MR) is 110 cm³/mol. The summed E-state index contributed by atoms with van der Waals surface area (Å²) in [6.45, 7) is 4.43. The minimum atomic E-state index is 0.750. The van der Waals surface area contributed by atoms with Crippen molar-refractivity contribution >= 4 is 23.3 Å². The molecule has 1 saturated heterocycles. The Labute approximate surface area is 156 Å². The van der Waals surface area contributed by atoms with E-state index >= 15 is 0 Å². The molecule has 1 aromatic carbocycles. The quantitative estimate of drug-likeness (QED) is 0.716. The predicted octanol–water partition coefficient (Wildman–Crippen LogP) is 3.98. The molecular weight excluding hydrogens is 320 g/mol. The van der Waals surface area contributed by atoms with Crippen molar-refractivity contribution in [3.05, 3.63) is 53.4 Å². The minimum absolute atomic E-state index is 0.750. The zero-order valence-corrected chi connectivity index (χ0v) is 15.8. The van der Waals surface area contributed by atoms with Crippen molar-refractivity contribution in [2.24, 2.45) is 4.99 Å². The van der Waals surface area contributed by atoms with E-state index in [4.69, 9.17) is 4.99 Å². The highest BCUT2D eigenvalue weighted by molar-refractivity contribution is 5.91. The highest BCUT2D eigenvalue weighted by atomic mass is 15.4. The van der Waals surface area contributed by atoms with Crippen LogP contribution in [0, 0.1) is 0 Å². The van der Waals surface area contributed by atoms with Gasteiger partial charge in [-0.1, -0.05) is 0 Å². The number of quaternary nitrogens is 1. The molecule has 0 bridgehead atoms. The number of fused-ring (bicyclic) bond motifs is 2. The SMILES string of the molecule is CN1CCN(c2ccc3c(c2)N=CC2=C4C(=CC=C[N+]43C)CCC2)CC1. The fraction of sp³-hybridized carbons (Fsp3) is 0.409. The van der Waals surface area contributed by atoms with Crippen molar-refractivity contribution < 1.29 is 0 Å². The third kappa shape index (κ3) is 2.40.